The Morgan fingerprint density at radius 2 is 1.71 bits per heavy atom. The largest absolute Gasteiger partial charge is 0.356 e. The lowest BCUT2D eigenvalue weighted by atomic mass is 9.87. The monoisotopic (exact) mass is 354 g/mol. The fraction of sp³-hybridized carbons (Fsp3) is 0.611. The van der Waals surface area contributed by atoms with Gasteiger partial charge in [-0.2, -0.15) is 0 Å². The quantitative estimate of drug-likeness (QED) is 0.727. The summed E-state index contributed by atoms with van der Waals surface area (Å²) in [6.45, 7) is 7.70. The van der Waals surface area contributed by atoms with Gasteiger partial charge in [0.1, 0.15) is 0 Å². The van der Waals surface area contributed by atoms with Crippen molar-refractivity contribution in [2.45, 2.75) is 43.9 Å². The molecule has 136 valence electrons. The molecule has 1 aromatic rings. The molecule has 0 aliphatic rings. The Morgan fingerprint density at radius 3 is 2.21 bits per heavy atom. The van der Waals surface area contributed by atoms with Gasteiger partial charge in [-0.3, -0.25) is 4.79 Å². The van der Waals surface area contributed by atoms with E-state index in [1.165, 1.54) is 0 Å². The van der Waals surface area contributed by atoms with Crippen molar-refractivity contribution in [3.8, 4) is 0 Å². The zero-order valence-electron chi connectivity index (χ0n) is 15.4. The van der Waals surface area contributed by atoms with Crippen LogP contribution in [0.3, 0.4) is 0 Å². The first-order chi connectivity index (χ1) is 11.0. The molecule has 1 amide bonds. The number of hydrogen-bond donors (Lipinski definition) is 1. The van der Waals surface area contributed by atoms with Gasteiger partial charge >= 0.3 is 0 Å². The number of nitrogens with zero attached hydrogens (tertiary/aromatic N) is 1. The molecule has 0 heterocycles. The maximum atomic E-state index is 12.3. The number of sulfone groups is 1. The van der Waals surface area contributed by atoms with Crippen molar-refractivity contribution in [1.82, 2.24) is 10.2 Å². The standard InChI is InChI=1S/C18H30N2O3S/c1-18(2,3)15-7-9-16(10-8-15)24(22,23)14-11-17(21)19-12-6-13-20(4)5/h7-10H,6,11-14H2,1-5H3,(H,19,21). The number of nitrogens with one attached hydrogen (secondary N) is 1. The zero-order valence-corrected chi connectivity index (χ0v) is 16.2. The van der Waals surface area contributed by atoms with Crippen LogP contribution in [0.2, 0.25) is 0 Å². The molecular weight excluding hydrogens is 324 g/mol. The van der Waals surface area contributed by atoms with E-state index in [0.29, 0.717) is 6.54 Å². The third-order valence-electron chi connectivity index (χ3n) is 3.78. The van der Waals surface area contributed by atoms with Crippen LogP contribution >= 0.6 is 0 Å². The molecule has 0 fully saturated rings. The summed E-state index contributed by atoms with van der Waals surface area (Å²) >= 11 is 0. The predicted molar refractivity (Wildman–Crippen MR) is 98.0 cm³/mol. The van der Waals surface area contributed by atoms with Gasteiger partial charge in [0.2, 0.25) is 5.91 Å². The van der Waals surface area contributed by atoms with Gasteiger partial charge in [0.15, 0.2) is 9.84 Å². The normalized spacial score (nSPS) is 12.4. The predicted octanol–water partition coefficient (Wildman–Crippen LogP) is 2.22. The minimum absolute atomic E-state index is 0.00861. The Balaban J connectivity index is 2.53. The van der Waals surface area contributed by atoms with E-state index >= 15 is 0 Å². The van der Waals surface area contributed by atoms with Crippen LogP contribution in [0.4, 0.5) is 0 Å². The van der Waals surface area contributed by atoms with Crippen molar-refractivity contribution in [3.05, 3.63) is 29.8 Å². The number of rotatable bonds is 8. The van der Waals surface area contributed by atoms with Gasteiger partial charge < -0.3 is 10.2 Å². The molecule has 0 aromatic heterocycles. The van der Waals surface area contributed by atoms with E-state index in [4.69, 9.17) is 0 Å². The van der Waals surface area contributed by atoms with Crippen LogP contribution in [-0.2, 0) is 20.0 Å². The van der Waals surface area contributed by atoms with Gasteiger partial charge in [0.05, 0.1) is 10.6 Å². The third-order valence-corrected chi connectivity index (χ3v) is 5.51. The van der Waals surface area contributed by atoms with Crippen LogP contribution in [0.1, 0.15) is 39.2 Å². The molecular formula is C18H30N2O3S. The second kappa shape index (κ2) is 8.62. The molecule has 0 atom stereocenters. The first-order valence-electron chi connectivity index (χ1n) is 8.27. The topological polar surface area (TPSA) is 66.5 Å². The Kier molecular flexibility index (Phi) is 7.42. The molecule has 0 unspecified atom stereocenters. The summed E-state index contributed by atoms with van der Waals surface area (Å²) in [6, 6.07) is 6.94. The van der Waals surface area contributed by atoms with E-state index in [1.54, 1.807) is 12.1 Å². The first-order valence-corrected chi connectivity index (χ1v) is 9.92. The maximum absolute atomic E-state index is 12.3. The smallest absolute Gasteiger partial charge is 0.221 e. The highest BCUT2D eigenvalue weighted by Gasteiger charge is 2.18. The van der Waals surface area contributed by atoms with Gasteiger partial charge in [0, 0.05) is 13.0 Å². The fourth-order valence-electron chi connectivity index (χ4n) is 2.22. The molecule has 0 saturated carbocycles. The van der Waals surface area contributed by atoms with Crippen LogP contribution in [0.25, 0.3) is 0 Å². The Bertz CT molecular complexity index is 629. The van der Waals surface area contributed by atoms with Crippen LogP contribution in [0.15, 0.2) is 29.2 Å². The van der Waals surface area contributed by atoms with Crippen molar-refractivity contribution < 1.29 is 13.2 Å². The molecule has 6 heteroatoms. The average Bonchev–Trinajstić information content (AvgIpc) is 2.49. The van der Waals surface area contributed by atoms with Crippen molar-refractivity contribution in [1.29, 1.82) is 0 Å². The van der Waals surface area contributed by atoms with Crippen molar-refractivity contribution >= 4 is 15.7 Å². The van der Waals surface area contributed by atoms with Crippen LogP contribution in [0, 0.1) is 0 Å². The van der Waals surface area contributed by atoms with E-state index < -0.39 is 9.84 Å². The van der Waals surface area contributed by atoms with Crippen molar-refractivity contribution in [2.75, 3.05) is 32.9 Å². The van der Waals surface area contributed by atoms with Crippen LogP contribution in [-0.4, -0.2) is 52.2 Å². The van der Waals surface area contributed by atoms with Crippen LogP contribution in [0.5, 0.6) is 0 Å². The van der Waals surface area contributed by atoms with Crippen molar-refractivity contribution in [3.63, 3.8) is 0 Å². The molecule has 0 radical (unpaired) electrons. The average molecular weight is 355 g/mol. The Hall–Kier alpha value is -1.40. The second-order valence-electron chi connectivity index (χ2n) is 7.35. The highest BCUT2D eigenvalue weighted by atomic mass is 32.2. The molecule has 0 aliphatic carbocycles. The van der Waals surface area contributed by atoms with Crippen molar-refractivity contribution in [2.24, 2.45) is 0 Å². The van der Waals surface area contributed by atoms with Crippen LogP contribution < -0.4 is 5.32 Å². The molecule has 1 rings (SSSR count). The van der Waals surface area contributed by atoms with Gasteiger partial charge in [0.25, 0.3) is 0 Å². The lowest BCUT2D eigenvalue weighted by Crippen LogP contribution is -2.28. The van der Waals surface area contributed by atoms with E-state index in [0.717, 1.165) is 18.5 Å². The summed E-state index contributed by atoms with van der Waals surface area (Å²) in [5.41, 5.74) is 1.06. The van der Waals surface area contributed by atoms with E-state index in [1.807, 2.05) is 31.1 Å². The molecule has 0 saturated heterocycles. The number of carbonyl (C=O) groups excluding carboxylic acids is 1. The highest BCUT2D eigenvalue weighted by Crippen LogP contribution is 2.23. The first kappa shape index (κ1) is 20.6. The minimum atomic E-state index is -3.43. The molecule has 0 aliphatic heterocycles. The maximum Gasteiger partial charge on any atom is 0.221 e. The number of hydrogen-bond acceptors (Lipinski definition) is 4. The SMILES string of the molecule is CN(C)CCCNC(=O)CCS(=O)(=O)c1ccc(C(C)(C)C)cc1. The molecule has 0 spiro atoms. The van der Waals surface area contributed by atoms with Gasteiger partial charge in [-0.05, 0) is 50.2 Å². The summed E-state index contributed by atoms with van der Waals surface area (Å²) in [7, 11) is 0.512. The number of benzene rings is 1. The van der Waals surface area contributed by atoms with E-state index in [-0.39, 0.29) is 28.4 Å². The summed E-state index contributed by atoms with van der Waals surface area (Å²) < 4.78 is 24.7. The summed E-state index contributed by atoms with van der Waals surface area (Å²) in [6.07, 6.45) is 0.838. The van der Waals surface area contributed by atoms with E-state index in [9.17, 15) is 13.2 Å². The third kappa shape index (κ3) is 7.01. The highest BCUT2D eigenvalue weighted by molar-refractivity contribution is 7.91. The van der Waals surface area contributed by atoms with Gasteiger partial charge in [-0.25, -0.2) is 8.42 Å². The Labute approximate surface area is 146 Å². The second-order valence-corrected chi connectivity index (χ2v) is 9.46. The van der Waals surface area contributed by atoms with Gasteiger partial charge in [-0.1, -0.05) is 32.9 Å². The summed E-state index contributed by atoms with van der Waals surface area (Å²) in [5, 5.41) is 2.76. The lowest BCUT2D eigenvalue weighted by molar-refractivity contribution is -0.120. The van der Waals surface area contributed by atoms with Gasteiger partial charge in [-0.15, -0.1) is 0 Å². The molecule has 24 heavy (non-hydrogen) atoms. The minimum Gasteiger partial charge on any atom is -0.356 e. The Morgan fingerprint density at radius 1 is 1.12 bits per heavy atom. The molecule has 5 nitrogen and oxygen atoms in total. The number of carbonyl (C=O) groups is 1. The number of amides is 1. The fourth-order valence-corrected chi connectivity index (χ4v) is 3.46. The zero-order chi connectivity index (χ0) is 18.4. The molecule has 0 bridgehead atoms. The summed E-state index contributed by atoms with van der Waals surface area (Å²) in [5.74, 6) is -0.384. The lowest BCUT2D eigenvalue weighted by Gasteiger charge is -2.19. The van der Waals surface area contributed by atoms with E-state index in [2.05, 4.69) is 26.1 Å². The molecule has 1 aromatic carbocycles. The summed E-state index contributed by atoms with van der Waals surface area (Å²) in [4.78, 5) is 14.1. The molecule has 1 N–H and O–H groups in total.